The topological polar surface area (TPSA) is 79.7 Å². The van der Waals surface area contributed by atoms with E-state index < -0.39 is 5.92 Å². The molecule has 1 fully saturated rings. The number of aromatic nitrogens is 5. The smallest absolute Gasteiger partial charge is 0.255 e. The Labute approximate surface area is 176 Å². The van der Waals surface area contributed by atoms with Gasteiger partial charge in [0.25, 0.3) is 11.8 Å². The molecular formula is C22H20F2N6O. The SMILES string of the molecule is Cc1cc2cc(C(=O)N3CCC(F)(F)CC3)cnc2n1-c1ccc(-c2ncn[nH]2)cc1. The van der Waals surface area contributed by atoms with Crippen LogP contribution in [-0.4, -0.2) is 54.6 Å². The molecule has 0 spiro atoms. The zero-order valence-electron chi connectivity index (χ0n) is 16.8. The van der Waals surface area contributed by atoms with Crippen molar-refractivity contribution in [2.24, 2.45) is 0 Å². The highest BCUT2D eigenvalue weighted by molar-refractivity contribution is 5.97. The number of hydrogen-bond acceptors (Lipinski definition) is 4. The molecule has 1 saturated heterocycles. The van der Waals surface area contributed by atoms with Crippen LogP contribution in [0, 0.1) is 6.92 Å². The van der Waals surface area contributed by atoms with Gasteiger partial charge in [0, 0.05) is 54.5 Å². The van der Waals surface area contributed by atoms with Gasteiger partial charge in [0.1, 0.15) is 12.0 Å². The minimum absolute atomic E-state index is 0.0570. The van der Waals surface area contributed by atoms with Crippen molar-refractivity contribution in [3.8, 4) is 17.1 Å². The second-order valence-electron chi connectivity index (χ2n) is 7.79. The number of piperidine rings is 1. The van der Waals surface area contributed by atoms with Crippen molar-refractivity contribution in [1.82, 2.24) is 29.6 Å². The lowest BCUT2D eigenvalue weighted by Gasteiger charge is -2.31. The Hall–Kier alpha value is -3.62. The number of carbonyl (C=O) groups excluding carboxylic acids is 1. The summed E-state index contributed by atoms with van der Waals surface area (Å²) in [6.45, 7) is 2.09. The molecule has 4 heterocycles. The van der Waals surface area contributed by atoms with Crippen molar-refractivity contribution < 1.29 is 13.6 Å². The predicted molar refractivity (Wildman–Crippen MR) is 111 cm³/mol. The van der Waals surface area contributed by atoms with Gasteiger partial charge >= 0.3 is 0 Å². The number of halogens is 2. The third-order valence-electron chi connectivity index (χ3n) is 5.67. The molecule has 5 rings (SSSR count). The number of H-pyrrole nitrogens is 1. The van der Waals surface area contributed by atoms with Gasteiger partial charge in [-0.2, -0.15) is 5.10 Å². The number of fused-ring (bicyclic) bond motifs is 1. The van der Waals surface area contributed by atoms with Gasteiger partial charge < -0.3 is 4.90 Å². The van der Waals surface area contributed by atoms with E-state index in [1.54, 1.807) is 6.07 Å². The second-order valence-corrected chi connectivity index (χ2v) is 7.79. The number of carbonyl (C=O) groups is 1. The fourth-order valence-electron chi connectivity index (χ4n) is 4.00. The largest absolute Gasteiger partial charge is 0.338 e. The summed E-state index contributed by atoms with van der Waals surface area (Å²) in [4.78, 5) is 23.0. The molecule has 9 heteroatoms. The Bertz CT molecular complexity index is 1240. The van der Waals surface area contributed by atoms with Crippen molar-refractivity contribution in [2.75, 3.05) is 13.1 Å². The summed E-state index contributed by atoms with van der Waals surface area (Å²) in [6, 6.07) is 11.6. The molecule has 1 aliphatic heterocycles. The van der Waals surface area contributed by atoms with E-state index in [4.69, 9.17) is 0 Å². The summed E-state index contributed by atoms with van der Waals surface area (Å²) in [5.41, 5.74) is 3.96. The maximum absolute atomic E-state index is 13.4. The van der Waals surface area contributed by atoms with Crippen molar-refractivity contribution in [3.05, 3.63) is 60.2 Å². The standard InChI is InChI=1S/C22H20F2N6O/c1-14-10-16-11-17(21(31)29-8-6-22(23,24)7-9-29)12-25-20(16)30(14)18-4-2-15(3-5-18)19-26-13-27-28-19/h2-5,10-13H,6-9H2,1H3,(H,26,27,28). The van der Waals surface area contributed by atoms with Crippen LogP contribution >= 0.6 is 0 Å². The first kappa shape index (κ1) is 19.3. The zero-order chi connectivity index (χ0) is 21.6. The van der Waals surface area contributed by atoms with Crippen molar-refractivity contribution >= 4 is 16.9 Å². The van der Waals surface area contributed by atoms with E-state index in [0.717, 1.165) is 28.0 Å². The van der Waals surface area contributed by atoms with E-state index in [9.17, 15) is 13.6 Å². The average Bonchev–Trinajstić information content (AvgIpc) is 3.40. The lowest BCUT2D eigenvalue weighted by atomic mass is 10.1. The maximum atomic E-state index is 13.4. The summed E-state index contributed by atoms with van der Waals surface area (Å²) in [5, 5.41) is 7.53. The predicted octanol–water partition coefficient (Wildman–Crippen LogP) is 3.99. The van der Waals surface area contributed by atoms with E-state index in [0.29, 0.717) is 11.4 Å². The molecule has 4 aromatic rings. The Kier molecular flexibility index (Phi) is 4.53. The minimum Gasteiger partial charge on any atom is -0.338 e. The van der Waals surface area contributed by atoms with Gasteiger partial charge in [0.05, 0.1) is 5.56 Å². The molecule has 1 N–H and O–H groups in total. The molecule has 1 amide bonds. The number of aromatic amines is 1. The van der Waals surface area contributed by atoms with Gasteiger partial charge in [-0.05, 0) is 43.3 Å². The monoisotopic (exact) mass is 422 g/mol. The highest BCUT2D eigenvalue weighted by Crippen LogP contribution is 2.29. The number of nitrogens with one attached hydrogen (secondary N) is 1. The lowest BCUT2D eigenvalue weighted by Crippen LogP contribution is -2.42. The number of alkyl halides is 2. The van der Waals surface area contributed by atoms with E-state index >= 15 is 0 Å². The number of pyridine rings is 1. The van der Waals surface area contributed by atoms with Gasteiger partial charge in [-0.3, -0.25) is 14.5 Å². The third kappa shape index (κ3) is 3.56. The molecule has 0 saturated carbocycles. The number of benzene rings is 1. The highest BCUT2D eigenvalue weighted by atomic mass is 19.3. The normalized spacial score (nSPS) is 16.0. The fourth-order valence-corrected chi connectivity index (χ4v) is 4.00. The molecule has 0 aliphatic carbocycles. The number of aryl methyl sites for hydroxylation is 1. The van der Waals surface area contributed by atoms with Gasteiger partial charge in [-0.15, -0.1) is 0 Å². The van der Waals surface area contributed by atoms with Crippen molar-refractivity contribution in [2.45, 2.75) is 25.7 Å². The second kappa shape index (κ2) is 7.26. The van der Waals surface area contributed by atoms with Gasteiger partial charge in [0.15, 0.2) is 5.82 Å². The molecule has 7 nitrogen and oxygen atoms in total. The first-order valence-electron chi connectivity index (χ1n) is 10.0. The molecular weight excluding hydrogens is 402 g/mol. The van der Waals surface area contributed by atoms with Crippen molar-refractivity contribution in [1.29, 1.82) is 0 Å². The molecule has 0 radical (unpaired) electrons. The van der Waals surface area contributed by atoms with Gasteiger partial charge in [0.2, 0.25) is 0 Å². The van der Waals surface area contributed by atoms with Gasteiger partial charge in [-0.25, -0.2) is 18.7 Å². The fraction of sp³-hybridized carbons (Fsp3) is 0.273. The first-order chi connectivity index (χ1) is 14.9. The van der Waals surface area contributed by atoms with Crippen LogP contribution in [0.5, 0.6) is 0 Å². The Morgan fingerprint density at radius 1 is 1.10 bits per heavy atom. The number of amides is 1. The number of rotatable bonds is 3. The number of nitrogens with zero attached hydrogens (tertiary/aromatic N) is 5. The summed E-state index contributed by atoms with van der Waals surface area (Å²) >= 11 is 0. The Morgan fingerprint density at radius 3 is 2.52 bits per heavy atom. The summed E-state index contributed by atoms with van der Waals surface area (Å²) in [6.07, 6.45) is 2.39. The van der Waals surface area contributed by atoms with Crippen LogP contribution < -0.4 is 0 Å². The van der Waals surface area contributed by atoms with Gasteiger partial charge in [-0.1, -0.05) is 0 Å². The average molecular weight is 422 g/mol. The van der Waals surface area contributed by atoms with Crippen LogP contribution in [0.2, 0.25) is 0 Å². The Balaban J connectivity index is 1.44. The van der Waals surface area contributed by atoms with Crippen LogP contribution in [0.3, 0.4) is 0 Å². The third-order valence-corrected chi connectivity index (χ3v) is 5.67. The maximum Gasteiger partial charge on any atom is 0.255 e. The summed E-state index contributed by atoms with van der Waals surface area (Å²) in [5.74, 6) is -2.25. The van der Waals surface area contributed by atoms with Crippen LogP contribution in [0.1, 0.15) is 28.9 Å². The van der Waals surface area contributed by atoms with Crippen molar-refractivity contribution in [3.63, 3.8) is 0 Å². The van der Waals surface area contributed by atoms with E-state index in [1.807, 2.05) is 41.8 Å². The van der Waals surface area contributed by atoms with Crippen LogP contribution in [-0.2, 0) is 0 Å². The molecule has 0 atom stereocenters. The summed E-state index contributed by atoms with van der Waals surface area (Å²) < 4.78 is 28.8. The molecule has 31 heavy (non-hydrogen) atoms. The minimum atomic E-state index is -2.68. The zero-order valence-corrected chi connectivity index (χ0v) is 16.8. The van der Waals surface area contributed by atoms with E-state index in [2.05, 4.69) is 20.2 Å². The van der Waals surface area contributed by atoms with Crippen LogP contribution in [0.15, 0.2) is 48.9 Å². The van der Waals surface area contributed by atoms with Crippen LogP contribution in [0.4, 0.5) is 8.78 Å². The molecule has 1 aliphatic rings. The lowest BCUT2D eigenvalue weighted by molar-refractivity contribution is -0.0494. The number of hydrogen-bond donors (Lipinski definition) is 1. The first-order valence-corrected chi connectivity index (χ1v) is 10.0. The quantitative estimate of drug-likeness (QED) is 0.541. The van der Waals surface area contributed by atoms with Crippen LogP contribution in [0.25, 0.3) is 28.1 Å². The molecule has 0 bridgehead atoms. The molecule has 158 valence electrons. The molecule has 3 aromatic heterocycles. The van der Waals surface area contributed by atoms with E-state index in [1.165, 1.54) is 17.4 Å². The highest BCUT2D eigenvalue weighted by Gasteiger charge is 2.35. The summed E-state index contributed by atoms with van der Waals surface area (Å²) in [7, 11) is 0. The molecule has 1 aromatic carbocycles. The molecule has 0 unspecified atom stereocenters. The Morgan fingerprint density at radius 2 is 1.84 bits per heavy atom. The van der Waals surface area contributed by atoms with E-state index in [-0.39, 0.29) is 31.8 Å². The number of likely N-dealkylation sites (tertiary alicyclic amines) is 1.